The molecule has 128 valence electrons. The van der Waals surface area contributed by atoms with Gasteiger partial charge in [-0.2, -0.15) is 0 Å². The molecule has 2 fully saturated rings. The molecule has 7 heteroatoms. The lowest BCUT2D eigenvalue weighted by molar-refractivity contribution is -0.160. The van der Waals surface area contributed by atoms with E-state index in [1.165, 1.54) is 0 Å². The highest BCUT2D eigenvalue weighted by Gasteiger charge is 2.43. The van der Waals surface area contributed by atoms with Crippen molar-refractivity contribution in [2.24, 2.45) is 0 Å². The van der Waals surface area contributed by atoms with Gasteiger partial charge < -0.3 is 14.2 Å². The first-order valence-corrected chi connectivity index (χ1v) is 9.58. The molecule has 3 rings (SSSR count). The van der Waals surface area contributed by atoms with Crippen molar-refractivity contribution in [1.82, 2.24) is 4.72 Å². The van der Waals surface area contributed by atoms with Crippen molar-refractivity contribution >= 4 is 10.0 Å². The molecule has 23 heavy (non-hydrogen) atoms. The summed E-state index contributed by atoms with van der Waals surface area (Å²) in [6, 6.07) is 7.06. The van der Waals surface area contributed by atoms with E-state index in [1.54, 1.807) is 31.4 Å². The predicted octanol–water partition coefficient (Wildman–Crippen LogP) is 1.80. The molecule has 0 bridgehead atoms. The average Bonchev–Trinajstić information content (AvgIpc) is 3.15. The molecular weight excluding hydrogens is 318 g/mol. The van der Waals surface area contributed by atoms with Crippen LogP contribution in [0.3, 0.4) is 0 Å². The Balaban J connectivity index is 1.52. The Morgan fingerprint density at radius 2 is 2.13 bits per heavy atom. The fourth-order valence-corrected chi connectivity index (χ4v) is 4.31. The van der Waals surface area contributed by atoms with E-state index in [-0.39, 0.29) is 18.4 Å². The van der Waals surface area contributed by atoms with E-state index in [4.69, 9.17) is 14.2 Å². The second-order valence-electron chi connectivity index (χ2n) is 6.13. The van der Waals surface area contributed by atoms with Crippen molar-refractivity contribution in [2.75, 3.05) is 20.3 Å². The second kappa shape index (κ2) is 6.76. The van der Waals surface area contributed by atoms with E-state index in [1.807, 2.05) is 0 Å². The summed E-state index contributed by atoms with van der Waals surface area (Å²) >= 11 is 0. The number of methoxy groups -OCH3 is 1. The van der Waals surface area contributed by atoms with Crippen LogP contribution in [0.5, 0.6) is 5.75 Å². The van der Waals surface area contributed by atoms with Crippen LogP contribution in [-0.4, -0.2) is 40.6 Å². The highest BCUT2D eigenvalue weighted by molar-refractivity contribution is 7.88. The third-order valence-corrected chi connectivity index (χ3v) is 5.62. The molecule has 1 aliphatic heterocycles. The Kier molecular flexibility index (Phi) is 4.91. The number of rotatable bonds is 6. The molecule has 1 saturated heterocycles. The smallest absolute Gasteiger partial charge is 0.215 e. The van der Waals surface area contributed by atoms with Crippen LogP contribution in [0, 0.1) is 0 Å². The molecule has 1 aromatic carbocycles. The minimum absolute atomic E-state index is 0.0804. The topological polar surface area (TPSA) is 73.9 Å². The van der Waals surface area contributed by atoms with Gasteiger partial charge in [0.1, 0.15) is 5.75 Å². The highest BCUT2D eigenvalue weighted by Crippen LogP contribution is 2.39. The standard InChI is InChI=1S/C16H23NO5S/c1-20-14-6-4-5-13(9-14)12-23(18,19)17-10-15-11-21-16(22-15)7-2-3-8-16/h4-6,9,15,17H,2-3,7-8,10-12H2,1H3/t15-/m1/s1. The van der Waals surface area contributed by atoms with Crippen molar-refractivity contribution in [1.29, 1.82) is 0 Å². The minimum atomic E-state index is -3.42. The monoisotopic (exact) mass is 341 g/mol. The number of sulfonamides is 1. The lowest BCUT2D eigenvalue weighted by atomic mass is 10.2. The van der Waals surface area contributed by atoms with E-state index in [0.717, 1.165) is 25.7 Å². The van der Waals surface area contributed by atoms with Gasteiger partial charge in [-0.05, 0) is 30.5 Å². The summed E-state index contributed by atoms with van der Waals surface area (Å²) in [6.07, 6.45) is 3.80. The van der Waals surface area contributed by atoms with Crippen LogP contribution in [-0.2, 0) is 25.2 Å². The van der Waals surface area contributed by atoms with Crippen LogP contribution in [0.25, 0.3) is 0 Å². The summed E-state index contributed by atoms with van der Waals surface area (Å²) in [4.78, 5) is 0. The van der Waals surface area contributed by atoms with E-state index < -0.39 is 15.8 Å². The van der Waals surface area contributed by atoms with Gasteiger partial charge in [0, 0.05) is 19.4 Å². The summed E-state index contributed by atoms with van der Waals surface area (Å²) in [5, 5.41) is 0. The molecule has 0 aromatic heterocycles. The zero-order valence-corrected chi connectivity index (χ0v) is 14.1. The fourth-order valence-electron chi connectivity index (χ4n) is 3.15. The first-order valence-electron chi connectivity index (χ1n) is 7.92. The summed E-state index contributed by atoms with van der Waals surface area (Å²) in [5.74, 6) is 0.111. The molecule has 1 saturated carbocycles. The number of hydrogen-bond donors (Lipinski definition) is 1. The Bertz CT molecular complexity index is 640. The normalized spacial score (nSPS) is 23.4. The lowest BCUT2D eigenvalue weighted by Crippen LogP contribution is -2.35. The zero-order chi connectivity index (χ0) is 16.3. The Hall–Kier alpha value is -1.15. The molecule has 1 spiro atoms. The Morgan fingerprint density at radius 1 is 1.35 bits per heavy atom. The van der Waals surface area contributed by atoms with Crippen LogP contribution in [0.1, 0.15) is 31.2 Å². The van der Waals surface area contributed by atoms with E-state index in [9.17, 15) is 8.42 Å². The summed E-state index contributed by atoms with van der Waals surface area (Å²) in [5.41, 5.74) is 0.688. The average molecular weight is 341 g/mol. The zero-order valence-electron chi connectivity index (χ0n) is 13.3. The molecule has 6 nitrogen and oxygen atoms in total. The van der Waals surface area contributed by atoms with Crippen LogP contribution >= 0.6 is 0 Å². The molecule has 1 aromatic rings. The van der Waals surface area contributed by atoms with Crippen LogP contribution in [0.4, 0.5) is 0 Å². The highest BCUT2D eigenvalue weighted by atomic mass is 32.2. The Morgan fingerprint density at radius 3 is 2.87 bits per heavy atom. The Labute approximate surface area is 137 Å². The number of hydrogen-bond acceptors (Lipinski definition) is 5. The van der Waals surface area contributed by atoms with Crippen LogP contribution in [0.15, 0.2) is 24.3 Å². The SMILES string of the molecule is COc1cccc(CS(=O)(=O)NC[C@@H]2COC3(CCCC3)O2)c1. The molecule has 1 aliphatic carbocycles. The van der Waals surface area contributed by atoms with Crippen molar-refractivity contribution in [3.8, 4) is 5.75 Å². The molecular formula is C16H23NO5S. The maximum atomic E-state index is 12.2. The molecule has 2 aliphatic rings. The van der Waals surface area contributed by atoms with Crippen LogP contribution < -0.4 is 9.46 Å². The van der Waals surface area contributed by atoms with E-state index in [2.05, 4.69) is 4.72 Å². The van der Waals surface area contributed by atoms with E-state index in [0.29, 0.717) is 17.9 Å². The molecule has 1 atom stereocenters. The van der Waals surface area contributed by atoms with Crippen molar-refractivity contribution in [2.45, 2.75) is 43.3 Å². The second-order valence-corrected chi connectivity index (χ2v) is 7.93. The van der Waals surface area contributed by atoms with Gasteiger partial charge >= 0.3 is 0 Å². The van der Waals surface area contributed by atoms with Gasteiger partial charge in [-0.3, -0.25) is 0 Å². The van der Waals surface area contributed by atoms with Gasteiger partial charge in [0.15, 0.2) is 5.79 Å². The third kappa shape index (κ3) is 4.23. The molecule has 0 amide bonds. The van der Waals surface area contributed by atoms with Gasteiger partial charge in [0.05, 0.1) is 25.6 Å². The predicted molar refractivity (Wildman–Crippen MR) is 85.6 cm³/mol. The molecule has 1 heterocycles. The van der Waals surface area contributed by atoms with Crippen molar-refractivity contribution < 1.29 is 22.6 Å². The summed E-state index contributed by atoms with van der Waals surface area (Å²) in [7, 11) is -1.87. The summed E-state index contributed by atoms with van der Waals surface area (Å²) < 4.78 is 43.9. The maximum absolute atomic E-state index is 12.2. The van der Waals surface area contributed by atoms with Gasteiger partial charge in [0.2, 0.25) is 10.0 Å². The molecule has 1 N–H and O–H groups in total. The van der Waals surface area contributed by atoms with E-state index >= 15 is 0 Å². The first-order chi connectivity index (χ1) is 11.0. The first kappa shape index (κ1) is 16.7. The maximum Gasteiger partial charge on any atom is 0.215 e. The fraction of sp³-hybridized carbons (Fsp3) is 0.625. The quantitative estimate of drug-likeness (QED) is 0.854. The van der Waals surface area contributed by atoms with Gasteiger partial charge in [0.25, 0.3) is 0 Å². The minimum Gasteiger partial charge on any atom is -0.497 e. The summed E-state index contributed by atoms with van der Waals surface area (Å²) in [6.45, 7) is 0.690. The van der Waals surface area contributed by atoms with Crippen LogP contribution in [0.2, 0.25) is 0 Å². The van der Waals surface area contributed by atoms with Gasteiger partial charge in [-0.1, -0.05) is 12.1 Å². The van der Waals surface area contributed by atoms with Crippen molar-refractivity contribution in [3.05, 3.63) is 29.8 Å². The molecule has 0 radical (unpaired) electrons. The van der Waals surface area contributed by atoms with Gasteiger partial charge in [-0.15, -0.1) is 0 Å². The third-order valence-electron chi connectivity index (χ3n) is 4.30. The number of nitrogens with one attached hydrogen (secondary N) is 1. The number of benzene rings is 1. The largest absolute Gasteiger partial charge is 0.497 e. The molecule has 0 unspecified atom stereocenters. The number of ether oxygens (including phenoxy) is 3. The lowest BCUT2D eigenvalue weighted by Gasteiger charge is -2.21. The van der Waals surface area contributed by atoms with Crippen molar-refractivity contribution in [3.63, 3.8) is 0 Å². The van der Waals surface area contributed by atoms with Gasteiger partial charge in [-0.25, -0.2) is 13.1 Å².